The van der Waals surface area contributed by atoms with Gasteiger partial charge in [-0.1, -0.05) is 227 Å². The molecule has 0 N–H and O–H groups in total. The zero-order valence-electron chi connectivity index (χ0n) is 48.4. The average molecular weight is 1040 g/mol. The van der Waals surface area contributed by atoms with E-state index in [0.29, 0.717) is 0 Å². The van der Waals surface area contributed by atoms with Crippen molar-refractivity contribution in [1.29, 1.82) is 0 Å². The molecule has 0 unspecified atom stereocenters. The van der Waals surface area contributed by atoms with E-state index < -0.39 is 0 Å². The largest absolute Gasteiger partial charge is 0.376 e. The predicted molar refractivity (Wildman–Crippen MR) is 345 cm³/mol. The van der Waals surface area contributed by atoms with Gasteiger partial charge in [0.25, 0.3) is 0 Å². The lowest BCUT2D eigenvalue weighted by molar-refractivity contribution is 0.590. The Bertz CT molecular complexity index is 4570. The van der Waals surface area contributed by atoms with E-state index in [1.165, 1.54) is 161 Å². The number of anilines is 2. The Morgan fingerprint density at radius 2 is 1.14 bits per heavy atom. The third-order valence-electron chi connectivity index (χ3n) is 19.7. The Hall–Kier alpha value is -8.40. The lowest BCUT2D eigenvalue weighted by atomic mass is 9.43. The van der Waals surface area contributed by atoms with Gasteiger partial charge >= 0.3 is 6.85 Å². The molecule has 16 rings (SSSR count). The van der Waals surface area contributed by atoms with Gasteiger partial charge in [-0.05, 0) is 183 Å². The second kappa shape index (κ2) is 16.6. The zero-order chi connectivity index (χ0) is 55.2. The van der Waals surface area contributed by atoms with E-state index in [0.717, 1.165) is 12.8 Å². The quantitative estimate of drug-likeness (QED) is 0.123. The van der Waals surface area contributed by atoms with Crippen LogP contribution in [0, 0.1) is 0 Å². The summed E-state index contributed by atoms with van der Waals surface area (Å²) in [6.45, 7) is 23.8. The lowest BCUT2D eigenvalue weighted by Crippen LogP contribution is -2.61. The summed E-state index contributed by atoms with van der Waals surface area (Å²) in [5.74, 6) is 0. The minimum Gasteiger partial charge on any atom is -0.376 e. The maximum absolute atomic E-state index is 2.79. The van der Waals surface area contributed by atoms with E-state index in [-0.39, 0.29) is 28.5 Å². The van der Waals surface area contributed by atoms with Crippen LogP contribution in [0.2, 0.25) is 0 Å². The maximum atomic E-state index is 2.79. The number of aromatic nitrogens is 1. The summed E-state index contributed by atoms with van der Waals surface area (Å²) in [4.78, 5) is 2.79. The maximum Gasteiger partial charge on any atom is 0.333 e. The van der Waals surface area contributed by atoms with Crippen LogP contribution >= 0.6 is 0 Å². The van der Waals surface area contributed by atoms with E-state index in [4.69, 9.17) is 0 Å². The van der Waals surface area contributed by atoms with Crippen LogP contribution in [0.25, 0.3) is 83.6 Å². The summed E-state index contributed by atoms with van der Waals surface area (Å²) in [6.07, 6.45) is 4.11. The molecule has 0 radical (unpaired) electrons. The van der Waals surface area contributed by atoms with Crippen LogP contribution in [0.3, 0.4) is 0 Å². The van der Waals surface area contributed by atoms with Crippen LogP contribution in [0.5, 0.6) is 0 Å². The van der Waals surface area contributed by atoms with Gasteiger partial charge in [0.1, 0.15) is 0 Å². The molecule has 3 aliphatic carbocycles. The van der Waals surface area contributed by atoms with Gasteiger partial charge in [0.2, 0.25) is 0 Å². The number of hydrogen-bond acceptors (Lipinski definition) is 1. The Labute approximate surface area is 478 Å². The molecular weight excluding hydrogens is 976 g/mol. The van der Waals surface area contributed by atoms with Gasteiger partial charge < -0.3 is 9.38 Å². The van der Waals surface area contributed by atoms with Crippen molar-refractivity contribution < 1.29 is 0 Å². The Morgan fingerprint density at radius 3 is 1.88 bits per heavy atom. The highest BCUT2D eigenvalue weighted by atomic mass is 15.1. The minimum absolute atomic E-state index is 0.00620. The van der Waals surface area contributed by atoms with Gasteiger partial charge in [0, 0.05) is 44.2 Å². The summed E-state index contributed by atoms with van der Waals surface area (Å²) < 4.78 is 2.73. The second-order valence-corrected chi connectivity index (χ2v) is 27.3. The highest BCUT2D eigenvalue weighted by molar-refractivity contribution is 6.94. The van der Waals surface area contributed by atoms with E-state index in [2.05, 4.69) is 279 Å². The van der Waals surface area contributed by atoms with Crippen LogP contribution in [-0.4, -0.2) is 11.4 Å². The molecule has 5 aliphatic rings. The molecule has 10 aromatic carbocycles. The fraction of sp³-hybridized carbons (Fsp3) is 0.205. The van der Waals surface area contributed by atoms with Crippen molar-refractivity contribution in [2.24, 2.45) is 0 Å². The number of nitrogens with zero attached hydrogens (tertiary/aromatic N) is 2. The van der Waals surface area contributed by atoms with Gasteiger partial charge in [-0.25, -0.2) is 0 Å². The molecule has 0 saturated heterocycles. The number of rotatable bonds is 5. The summed E-state index contributed by atoms with van der Waals surface area (Å²) in [5, 5.41) is 2.75. The van der Waals surface area contributed by atoms with Gasteiger partial charge in [0.05, 0.1) is 11.0 Å². The van der Waals surface area contributed by atoms with Gasteiger partial charge in [-0.3, -0.25) is 0 Å². The number of fused-ring (bicyclic) bond motifs is 19. The highest BCUT2D eigenvalue weighted by Gasteiger charge is 2.50. The third kappa shape index (κ3) is 6.82. The van der Waals surface area contributed by atoms with Gasteiger partial charge in [-0.15, -0.1) is 0 Å². The van der Waals surface area contributed by atoms with E-state index in [1.54, 1.807) is 0 Å². The van der Waals surface area contributed by atoms with E-state index >= 15 is 0 Å². The van der Waals surface area contributed by atoms with Gasteiger partial charge in [-0.2, -0.15) is 0 Å². The van der Waals surface area contributed by atoms with Gasteiger partial charge in [0.15, 0.2) is 0 Å². The monoisotopic (exact) mass is 1040 g/mol. The van der Waals surface area contributed by atoms with Crippen LogP contribution < -0.4 is 15.7 Å². The van der Waals surface area contributed by atoms with Crippen molar-refractivity contribution in [3.8, 4) is 50.2 Å². The molecule has 3 heterocycles. The molecule has 81 heavy (non-hydrogen) atoms. The standard InChI is InChI=1S/C78H67BN2/c1-75(2,3)51-30-33-53(34-31-51)81-68-43-57-56-35-29-47(38-50(48-23-15-12-16-24-48)37-46-21-13-11-14-22-46)39-63(56)78(9,10)64(57)42-60(68)71-61-40-49-25-17-18-26-54(49)70(61)72-59-41-52(76(4,5)6)32-36-67(59)80-69-44-58-55-27-19-20-28-62(55)77(7,8)65(58)45-66(69)79(81)73(71)74(72)80/h11-37,39,41-45H,38,40H2,1-10H3/b50-37-. The van der Waals surface area contributed by atoms with Crippen molar-refractivity contribution in [2.45, 2.75) is 104 Å². The van der Waals surface area contributed by atoms with Crippen LogP contribution in [0.15, 0.2) is 194 Å². The van der Waals surface area contributed by atoms with Crippen molar-refractivity contribution in [2.75, 3.05) is 4.81 Å². The fourth-order valence-electron chi connectivity index (χ4n) is 15.6. The first-order valence-electron chi connectivity index (χ1n) is 29.5. The second-order valence-electron chi connectivity index (χ2n) is 27.3. The van der Waals surface area contributed by atoms with Crippen LogP contribution in [0.1, 0.15) is 130 Å². The number of benzene rings is 10. The lowest BCUT2D eigenvalue weighted by Gasteiger charge is -2.44. The van der Waals surface area contributed by atoms with Crippen molar-refractivity contribution in [3.63, 3.8) is 0 Å². The molecular formula is C78H67BN2. The Morgan fingerprint density at radius 1 is 0.519 bits per heavy atom. The summed E-state index contributed by atoms with van der Waals surface area (Å²) in [5.41, 5.74) is 36.1. The first kappa shape index (κ1) is 48.5. The molecule has 0 bridgehead atoms. The molecule has 0 saturated carbocycles. The van der Waals surface area contributed by atoms with E-state index in [1.807, 2.05) is 0 Å². The molecule has 11 aromatic rings. The molecule has 392 valence electrons. The molecule has 0 spiro atoms. The van der Waals surface area contributed by atoms with Crippen molar-refractivity contribution in [3.05, 3.63) is 255 Å². The third-order valence-corrected chi connectivity index (χ3v) is 19.7. The molecule has 3 heteroatoms. The molecule has 0 fully saturated rings. The highest BCUT2D eigenvalue weighted by Crippen LogP contribution is 2.59. The predicted octanol–water partition coefficient (Wildman–Crippen LogP) is 18.6. The summed E-state index contributed by atoms with van der Waals surface area (Å²) >= 11 is 0. The first-order chi connectivity index (χ1) is 38.9. The zero-order valence-corrected chi connectivity index (χ0v) is 48.4. The molecule has 0 amide bonds. The first-order valence-corrected chi connectivity index (χ1v) is 29.5. The Kier molecular flexibility index (Phi) is 9.95. The molecule has 1 aromatic heterocycles. The molecule has 2 nitrogen and oxygen atoms in total. The topological polar surface area (TPSA) is 8.17 Å². The minimum atomic E-state index is -0.263. The summed E-state index contributed by atoms with van der Waals surface area (Å²) in [7, 11) is 0. The molecule has 2 aliphatic heterocycles. The smallest absolute Gasteiger partial charge is 0.333 e. The average Bonchev–Trinajstić information content (AvgIpc) is 1.79. The fourth-order valence-corrected chi connectivity index (χ4v) is 15.6. The van der Waals surface area contributed by atoms with Crippen molar-refractivity contribution >= 4 is 62.6 Å². The van der Waals surface area contributed by atoms with Crippen LogP contribution in [0.4, 0.5) is 11.4 Å². The summed E-state index contributed by atoms with van der Waals surface area (Å²) in [6, 6.07) is 75.4. The number of hydrogen-bond donors (Lipinski definition) is 0. The van der Waals surface area contributed by atoms with Crippen LogP contribution in [-0.2, 0) is 34.5 Å². The SMILES string of the molecule is CC(C)(C)c1ccc(N2B3c4cc5c(cc4-n4c6ccc(C(C)(C)C)cc6c6c7c(c(c3c64)-c3cc4c(cc32)-c2ccc(C/C(=C/c3ccccc3)c3ccccc3)cc2C4(C)C)Cc2ccccc2-7)-c2ccccc2C5(C)C)cc1. The van der Waals surface area contributed by atoms with Crippen molar-refractivity contribution in [1.82, 2.24) is 4.57 Å². The van der Waals surface area contributed by atoms with E-state index in [9.17, 15) is 0 Å². The Balaban J connectivity index is 1.00. The number of allylic oxidation sites excluding steroid dienone is 1. The molecule has 0 atom stereocenters. The normalized spacial score (nSPS) is 15.5.